The van der Waals surface area contributed by atoms with Crippen molar-refractivity contribution in [1.82, 2.24) is 5.32 Å². The van der Waals surface area contributed by atoms with Gasteiger partial charge in [-0.3, -0.25) is 4.79 Å². The summed E-state index contributed by atoms with van der Waals surface area (Å²) >= 11 is 0. The molecular formula is C6H15N2O4P. The number of rotatable bonds is 6. The molecule has 0 saturated heterocycles. The molecule has 0 spiro atoms. The van der Waals surface area contributed by atoms with Crippen molar-refractivity contribution in [3.63, 3.8) is 0 Å². The second-order valence-corrected chi connectivity index (χ2v) is 4.12. The van der Waals surface area contributed by atoms with E-state index in [9.17, 15) is 9.36 Å². The summed E-state index contributed by atoms with van der Waals surface area (Å²) in [6.45, 7) is 0.871. The van der Waals surface area contributed by atoms with E-state index in [-0.39, 0.29) is 6.54 Å². The van der Waals surface area contributed by atoms with Crippen LogP contribution >= 0.6 is 7.60 Å². The first-order chi connectivity index (χ1) is 5.98. The van der Waals surface area contributed by atoms with Crippen LogP contribution in [-0.2, 0) is 4.57 Å². The Morgan fingerprint density at radius 1 is 1.31 bits per heavy atom. The molecule has 6 nitrogen and oxygen atoms in total. The summed E-state index contributed by atoms with van der Waals surface area (Å²) in [5.74, 6) is 0. The van der Waals surface area contributed by atoms with Crippen LogP contribution in [-0.4, -0.2) is 28.5 Å². The lowest BCUT2D eigenvalue weighted by atomic mass is 10.2. The minimum atomic E-state index is -4.59. The number of carbonyl (C=O) groups is 1. The van der Waals surface area contributed by atoms with E-state index in [2.05, 4.69) is 5.32 Å². The van der Waals surface area contributed by atoms with Crippen LogP contribution in [0.1, 0.15) is 19.3 Å². The number of unbranched alkanes of at least 4 members (excludes halogenated alkanes) is 2. The van der Waals surface area contributed by atoms with Crippen molar-refractivity contribution >= 4 is 13.2 Å². The van der Waals surface area contributed by atoms with Gasteiger partial charge in [-0.2, -0.15) is 0 Å². The van der Waals surface area contributed by atoms with E-state index in [1.54, 1.807) is 0 Å². The van der Waals surface area contributed by atoms with E-state index in [0.717, 1.165) is 12.8 Å². The summed E-state index contributed by atoms with van der Waals surface area (Å²) < 4.78 is 10.3. The Bertz CT molecular complexity index is 203. The third-order valence-electron chi connectivity index (χ3n) is 1.42. The third-order valence-corrected chi connectivity index (χ3v) is 2.11. The highest BCUT2D eigenvalue weighted by Crippen LogP contribution is 2.34. The maximum atomic E-state index is 10.6. The minimum absolute atomic E-state index is 0.282. The van der Waals surface area contributed by atoms with E-state index in [1.807, 2.05) is 0 Å². The van der Waals surface area contributed by atoms with E-state index in [4.69, 9.17) is 15.5 Å². The first kappa shape index (κ1) is 12.6. The highest BCUT2D eigenvalue weighted by Gasteiger charge is 2.24. The monoisotopic (exact) mass is 210 g/mol. The summed E-state index contributed by atoms with van der Waals surface area (Å²) in [6, 6.07) is 0. The van der Waals surface area contributed by atoms with Crippen LogP contribution in [0.25, 0.3) is 0 Å². The SMILES string of the molecule is NCCCCCNC(=O)P(=O)(O)O. The molecule has 0 unspecified atom stereocenters. The average molecular weight is 210 g/mol. The van der Waals surface area contributed by atoms with E-state index < -0.39 is 13.2 Å². The first-order valence-electron chi connectivity index (χ1n) is 4.02. The van der Waals surface area contributed by atoms with Gasteiger partial charge >= 0.3 is 13.2 Å². The zero-order chi connectivity index (χ0) is 10.3. The first-order valence-corrected chi connectivity index (χ1v) is 5.63. The van der Waals surface area contributed by atoms with Crippen molar-refractivity contribution in [2.75, 3.05) is 13.1 Å². The predicted molar refractivity (Wildman–Crippen MR) is 48.3 cm³/mol. The largest absolute Gasteiger partial charge is 0.413 e. The zero-order valence-corrected chi connectivity index (χ0v) is 8.17. The van der Waals surface area contributed by atoms with Gasteiger partial charge in [0.25, 0.3) is 0 Å². The Hall–Kier alpha value is -0.420. The fourth-order valence-electron chi connectivity index (χ4n) is 0.744. The number of nitrogens with two attached hydrogens (primary N) is 1. The standard InChI is InChI=1S/C6H15N2O4P/c7-4-2-1-3-5-8-6(9)13(10,11)12/h1-5,7H2,(H,8,9)(H2,10,11,12). The normalized spacial score (nSPS) is 11.3. The predicted octanol–water partition coefficient (Wildman–Crippen LogP) is 0.00270. The lowest BCUT2D eigenvalue weighted by molar-refractivity contribution is 0.248. The number of carbonyl (C=O) groups excluding carboxylic acids is 1. The molecule has 1 amide bonds. The number of nitrogens with one attached hydrogen (secondary N) is 1. The van der Waals surface area contributed by atoms with Crippen molar-refractivity contribution in [2.45, 2.75) is 19.3 Å². The van der Waals surface area contributed by atoms with Crippen LogP contribution in [0.3, 0.4) is 0 Å². The van der Waals surface area contributed by atoms with Crippen LogP contribution in [0.15, 0.2) is 0 Å². The Balaban J connectivity index is 3.44. The summed E-state index contributed by atoms with van der Waals surface area (Å²) in [4.78, 5) is 27.3. The van der Waals surface area contributed by atoms with Gasteiger partial charge in [0.2, 0.25) is 0 Å². The molecule has 0 aliphatic heterocycles. The molecule has 0 aliphatic rings. The second-order valence-electron chi connectivity index (χ2n) is 2.63. The Labute approximate surface area is 76.7 Å². The van der Waals surface area contributed by atoms with Crippen LogP contribution in [0.4, 0.5) is 4.79 Å². The molecule has 7 heteroatoms. The highest BCUT2D eigenvalue weighted by atomic mass is 31.2. The molecule has 0 atom stereocenters. The molecule has 0 radical (unpaired) electrons. The number of hydrogen-bond acceptors (Lipinski definition) is 3. The van der Waals surface area contributed by atoms with Crippen molar-refractivity contribution in [1.29, 1.82) is 0 Å². The van der Waals surface area contributed by atoms with Crippen molar-refractivity contribution < 1.29 is 19.1 Å². The molecule has 78 valence electrons. The molecule has 0 heterocycles. The highest BCUT2D eigenvalue weighted by molar-refractivity contribution is 7.69. The van der Waals surface area contributed by atoms with Crippen LogP contribution in [0, 0.1) is 0 Å². The van der Waals surface area contributed by atoms with Crippen LogP contribution in [0.2, 0.25) is 0 Å². The summed E-state index contributed by atoms with van der Waals surface area (Å²) in [6.07, 6.45) is 2.38. The smallest absolute Gasteiger partial charge is 0.346 e. The fraction of sp³-hybridized carbons (Fsp3) is 0.833. The summed E-state index contributed by atoms with van der Waals surface area (Å²) in [7, 11) is -4.59. The van der Waals surface area contributed by atoms with Gasteiger partial charge in [0, 0.05) is 6.54 Å². The van der Waals surface area contributed by atoms with Gasteiger partial charge < -0.3 is 20.8 Å². The molecule has 0 fully saturated rings. The fourth-order valence-corrected chi connectivity index (χ4v) is 1.06. The maximum Gasteiger partial charge on any atom is 0.413 e. The van der Waals surface area contributed by atoms with Gasteiger partial charge in [0.1, 0.15) is 0 Å². The van der Waals surface area contributed by atoms with E-state index in [0.29, 0.717) is 13.0 Å². The molecule has 0 aromatic heterocycles. The Morgan fingerprint density at radius 2 is 1.92 bits per heavy atom. The van der Waals surface area contributed by atoms with Gasteiger partial charge in [-0.1, -0.05) is 6.42 Å². The molecule has 0 bridgehead atoms. The topological polar surface area (TPSA) is 113 Å². The molecule has 0 aliphatic carbocycles. The van der Waals surface area contributed by atoms with E-state index in [1.165, 1.54) is 0 Å². The number of hydrogen-bond donors (Lipinski definition) is 4. The molecule has 0 saturated carbocycles. The lowest BCUT2D eigenvalue weighted by Crippen LogP contribution is -2.22. The third kappa shape index (κ3) is 6.72. The van der Waals surface area contributed by atoms with Gasteiger partial charge in [0.15, 0.2) is 0 Å². The van der Waals surface area contributed by atoms with Crippen molar-refractivity contribution in [3.05, 3.63) is 0 Å². The quantitative estimate of drug-likeness (QED) is 0.364. The molecule has 5 N–H and O–H groups in total. The van der Waals surface area contributed by atoms with Gasteiger partial charge in [-0.25, -0.2) is 4.57 Å². The van der Waals surface area contributed by atoms with Crippen LogP contribution < -0.4 is 11.1 Å². The second kappa shape index (κ2) is 6.10. The van der Waals surface area contributed by atoms with Gasteiger partial charge in [-0.05, 0) is 19.4 Å². The molecule has 0 aromatic rings. The lowest BCUT2D eigenvalue weighted by Gasteiger charge is -2.05. The van der Waals surface area contributed by atoms with Gasteiger partial charge in [-0.15, -0.1) is 0 Å². The molecule has 13 heavy (non-hydrogen) atoms. The Kier molecular flexibility index (Phi) is 5.90. The molecule has 0 aromatic carbocycles. The van der Waals surface area contributed by atoms with Gasteiger partial charge in [0.05, 0.1) is 0 Å². The average Bonchev–Trinajstić information content (AvgIpc) is 2.02. The van der Waals surface area contributed by atoms with Crippen molar-refractivity contribution in [2.24, 2.45) is 5.73 Å². The van der Waals surface area contributed by atoms with Crippen molar-refractivity contribution in [3.8, 4) is 0 Å². The maximum absolute atomic E-state index is 10.6. The number of amides is 1. The van der Waals surface area contributed by atoms with E-state index >= 15 is 0 Å². The zero-order valence-electron chi connectivity index (χ0n) is 7.27. The van der Waals surface area contributed by atoms with Crippen LogP contribution in [0.5, 0.6) is 0 Å². The summed E-state index contributed by atoms with van der Waals surface area (Å²) in [5.41, 5.74) is 4.02. The molecule has 0 rings (SSSR count). The molecular weight excluding hydrogens is 195 g/mol. The Morgan fingerprint density at radius 3 is 2.38 bits per heavy atom. The summed E-state index contributed by atoms with van der Waals surface area (Å²) in [5, 5.41) is 2.14. The minimum Gasteiger partial charge on any atom is -0.346 e.